The molecule has 0 fully saturated rings. The normalized spacial score (nSPS) is 10.8. The zero-order chi connectivity index (χ0) is 19.0. The van der Waals surface area contributed by atoms with Crippen molar-refractivity contribution in [1.82, 2.24) is 9.55 Å². The van der Waals surface area contributed by atoms with Crippen LogP contribution in [0.5, 0.6) is 0 Å². The first-order valence-corrected chi connectivity index (χ1v) is 9.17. The van der Waals surface area contributed by atoms with Gasteiger partial charge in [-0.25, -0.2) is 4.98 Å². The van der Waals surface area contributed by atoms with E-state index in [1.807, 2.05) is 41.1 Å². The Labute approximate surface area is 149 Å². The van der Waals surface area contributed by atoms with Crippen molar-refractivity contribution in [1.29, 1.82) is 0 Å². The van der Waals surface area contributed by atoms with Crippen LogP contribution in [0.25, 0.3) is 5.57 Å². The molecule has 4 heteroatoms. The number of imidazole rings is 1. The molecule has 1 aromatic heterocycles. The van der Waals surface area contributed by atoms with Gasteiger partial charge in [-0.1, -0.05) is 46.1 Å². The maximum Gasteiger partial charge on any atom is 0.116 e. The summed E-state index contributed by atoms with van der Waals surface area (Å²) >= 11 is 0. The minimum Gasteiger partial charge on any atom is -0.393 e. The van der Waals surface area contributed by atoms with Crippen LogP contribution >= 0.6 is 0 Å². The number of aromatic nitrogens is 2. The van der Waals surface area contributed by atoms with E-state index in [-0.39, 0.29) is 6.10 Å². The van der Waals surface area contributed by atoms with E-state index >= 15 is 0 Å². The average molecular weight is 339 g/mol. The number of carbonyl (C=O) groups excluding carboxylic acids is 1. The average Bonchev–Trinajstić information content (AvgIpc) is 2.87. The smallest absolute Gasteiger partial charge is 0.116 e. The summed E-state index contributed by atoms with van der Waals surface area (Å²) in [4.78, 5) is 13.1. The Morgan fingerprint density at radius 1 is 1.29 bits per heavy atom. The van der Waals surface area contributed by atoms with Gasteiger partial charge in [0.15, 0.2) is 0 Å². The first-order valence-electron chi connectivity index (χ1n) is 9.17. The van der Waals surface area contributed by atoms with E-state index in [4.69, 9.17) is 9.90 Å². The second-order valence-corrected chi connectivity index (χ2v) is 5.78. The fourth-order valence-electron chi connectivity index (χ4n) is 2.48. The van der Waals surface area contributed by atoms with Crippen molar-refractivity contribution >= 4 is 11.9 Å². The van der Waals surface area contributed by atoms with Crippen LogP contribution in [-0.4, -0.2) is 27.0 Å². The lowest BCUT2D eigenvalue weighted by Gasteiger charge is -2.08. The van der Waals surface area contributed by atoms with Crippen molar-refractivity contribution in [3.05, 3.63) is 24.3 Å². The van der Waals surface area contributed by atoms with E-state index in [1.54, 1.807) is 0 Å². The molecule has 140 valence electrons. The van der Waals surface area contributed by atoms with Gasteiger partial charge >= 0.3 is 0 Å². The van der Waals surface area contributed by atoms with Gasteiger partial charge in [0.1, 0.15) is 6.29 Å². The van der Waals surface area contributed by atoms with E-state index in [0.29, 0.717) is 0 Å². The van der Waals surface area contributed by atoms with Gasteiger partial charge in [0, 0.05) is 7.05 Å². The minimum absolute atomic E-state index is 0.146. The number of carbonyl (C=O) groups is 1. The second-order valence-electron chi connectivity index (χ2n) is 5.78. The summed E-state index contributed by atoms with van der Waals surface area (Å²) < 4.78 is 2.06. The lowest BCUT2D eigenvalue weighted by molar-refractivity contribution is -0.106. The molecular formula is C20H38N2O2. The Morgan fingerprint density at radius 2 is 1.79 bits per heavy atom. The van der Waals surface area contributed by atoms with Crippen LogP contribution in [-0.2, 0) is 11.8 Å². The molecule has 1 atom stereocenters. The predicted octanol–water partition coefficient (Wildman–Crippen LogP) is 5.08. The summed E-state index contributed by atoms with van der Waals surface area (Å²) in [6.07, 6.45) is 10.5. The highest BCUT2D eigenvalue weighted by Gasteiger charge is 2.08. The molecule has 0 saturated heterocycles. The Balaban J connectivity index is 0. The van der Waals surface area contributed by atoms with Crippen LogP contribution in [0.4, 0.5) is 0 Å². The van der Waals surface area contributed by atoms with Crippen LogP contribution in [0, 0.1) is 6.92 Å². The van der Waals surface area contributed by atoms with Crippen LogP contribution in [0.2, 0.25) is 0 Å². The van der Waals surface area contributed by atoms with Crippen molar-refractivity contribution < 1.29 is 9.90 Å². The van der Waals surface area contributed by atoms with E-state index in [2.05, 4.69) is 16.1 Å². The van der Waals surface area contributed by atoms with Crippen molar-refractivity contribution in [2.45, 2.75) is 85.7 Å². The third-order valence-electron chi connectivity index (χ3n) is 3.56. The first kappa shape index (κ1) is 24.8. The van der Waals surface area contributed by atoms with Crippen LogP contribution in [0.15, 0.2) is 12.9 Å². The molecule has 0 aromatic carbocycles. The number of hydrogen-bond donors (Lipinski definition) is 1. The fraction of sp³-hybridized carbons (Fsp3) is 0.700. The summed E-state index contributed by atoms with van der Waals surface area (Å²) in [5, 5.41) is 9.17. The van der Waals surface area contributed by atoms with Crippen LogP contribution in [0.3, 0.4) is 0 Å². The molecule has 0 aliphatic carbocycles. The maximum atomic E-state index is 9.17. The molecule has 4 nitrogen and oxygen atoms in total. The van der Waals surface area contributed by atoms with Gasteiger partial charge < -0.3 is 14.5 Å². The highest BCUT2D eigenvalue weighted by atomic mass is 16.3. The molecule has 1 aromatic rings. The molecule has 1 heterocycles. The Kier molecular flexibility index (Phi) is 17.0. The molecule has 0 aliphatic heterocycles. The third-order valence-corrected chi connectivity index (χ3v) is 3.56. The summed E-state index contributed by atoms with van der Waals surface area (Å²) in [7, 11) is 2.02. The zero-order valence-electron chi connectivity index (χ0n) is 16.6. The number of unbranched alkanes of at least 4 members (excludes halogenated alkanes) is 4. The molecule has 0 bridgehead atoms. The number of aryl methyl sites for hydroxylation is 2. The topological polar surface area (TPSA) is 55.1 Å². The summed E-state index contributed by atoms with van der Waals surface area (Å²) in [5.74, 6) is 0. The second kappa shape index (κ2) is 16.4. The molecule has 0 spiro atoms. The molecule has 1 N–H and O–H groups in total. The number of aldehydes is 1. The van der Waals surface area contributed by atoms with Crippen molar-refractivity contribution in [3.8, 4) is 0 Å². The molecule has 0 saturated carbocycles. The van der Waals surface area contributed by atoms with E-state index in [9.17, 15) is 0 Å². The lowest BCUT2D eigenvalue weighted by atomic mass is 10.0. The summed E-state index contributed by atoms with van der Waals surface area (Å²) in [5.41, 5.74) is 3.46. The van der Waals surface area contributed by atoms with Gasteiger partial charge in [0.2, 0.25) is 0 Å². The van der Waals surface area contributed by atoms with Gasteiger partial charge in [0.25, 0.3) is 0 Å². The van der Waals surface area contributed by atoms with Gasteiger partial charge in [-0.15, -0.1) is 0 Å². The molecule has 0 radical (unpaired) electrons. The predicted molar refractivity (Wildman–Crippen MR) is 104 cm³/mol. The number of aliphatic hydroxyl groups excluding tert-OH is 1. The monoisotopic (exact) mass is 338 g/mol. The Morgan fingerprint density at radius 3 is 2.25 bits per heavy atom. The largest absolute Gasteiger partial charge is 0.393 e. The molecule has 1 rings (SSSR count). The zero-order valence-corrected chi connectivity index (χ0v) is 16.6. The number of hydrogen-bond acceptors (Lipinski definition) is 3. The van der Waals surface area contributed by atoms with Crippen LogP contribution < -0.4 is 0 Å². The lowest BCUT2D eigenvalue weighted by Crippen LogP contribution is -1.98. The minimum atomic E-state index is -0.146. The van der Waals surface area contributed by atoms with Crippen LogP contribution in [0.1, 0.15) is 84.0 Å². The van der Waals surface area contributed by atoms with Crippen molar-refractivity contribution in [3.63, 3.8) is 0 Å². The molecule has 0 aliphatic rings. The third kappa shape index (κ3) is 12.1. The molecule has 1 unspecified atom stereocenters. The maximum absolute atomic E-state index is 9.17. The van der Waals surface area contributed by atoms with Crippen molar-refractivity contribution in [2.75, 3.05) is 0 Å². The number of rotatable bonds is 9. The van der Waals surface area contributed by atoms with Gasteiger partial charge in [-0.05, 0) is 45.6 Å². The highest BCUT2D eigenvalue weighted by molar-refractivity contribution is 5.62. The Hall–Kier alpha value is -1.42. The molecule has 0 amide bonds. The van der Waals surface area contributed by atoms with Gasteiger partial charge in [-0.3, -0.25) is 0 Å². The SMILES string of the molecule is C=C(CCCCCCCC(C)O)c1c(C)ncn1C.CC.CC=O. The first-order chi connectivity index (χ1) is 11.4. The standard InChI is InChI=1S/C16H28N2O.C2H4O.C2H6/c1-13(16-15(3)17-12-18(16)4)10-8-6-5-7-9-11-14(2)19;1-2-3;1-2/h12,14,19H,1,5-11H2,2-4H3;2H,1H3;1-2H3. The van der Waals surface area contributed by atoms with E-state index < -0.39 is 0 Å². The number of nitrogens with zero attached hydrogens (tertiary/aromatic N) is 2. The summed E-state index contributed by atoms with van der Waals surface area (Å²) in [6, 6.07) is 0. The summed E-state index contributed by atoms with van der Waals surface area (Å²) in [6.45, 7) is 13.5. The highest BCUT2D eigenvalue weighted by Crippen LogP contribution is 2.21. The van der Waals surface area contributed by atoms with Gasteiger partial charge in [0.05, 0.1) is 23.8 Å². The van der Waals surface area contributed by atoms with Crippen molar-refractivity contribution in [2.24, 2.45) is 7.05 Å². The number of allylic oxidation sites excluding steroid dienone is 1. The van der Waals surface area contributed by atoms with E-state index in [1.165, 1.54) is 43.9 Å². The van der Waals surface area contributed by atoms with E-state index in [0.717, 1.165) is 31.2 Å². The molecular weight excluding hydrogens is 300 g/mol. The fourth-order valence-corrected chi connectivity index (χ4v) is 2.48. The Bertz CT molecular complexity index is 417. The number of aliphatic hydroxyl groups is 1. The van der Waals surface area contributed by atoms with Gasteiger partial charge in [-0.2, -0.15) is 0 Å². The quantitative estimate of drug-likeness (QED) is 0.504. The molecule has 24 heavy (non-hydrogen) atoms.